The van der Waals surface area contributed by atoms with Crippen molar-refractivity contribution in [3.63, 3.8) is 0 Å². The Kier molecular flexibility index (Phi) is 7.82. The van der Waals surface area contributed by atoms with Crippen LogP contribution in [-0.4, -0.2) is 58.4 Å². The second-order valence-corrected chi connectivity index (χ2v) is 9.54. The van der Waals surface area contributed by atoms with E-state index in [0.717, 1.165) is 0 Å². The Morgan fingerprint density at radius 2 is 1.11 bits per heavy atom. The summed E-state index contributed by atoms with van der Waals surface area (Å²) in [6.07, 6.45) is -10.3. The Bertz CT molecular complexity index is 890. The summed E-state index contributed by atoms with van der Waals surface area (Å²) in [6, 6.07) is 7.93. The van der Waals surface area contributed by atoms with Crippen molar-refractivity contribution in [3.8, 4) is 0 Å². The van der Waals surface area contributed by atoms with Crippen LogP contribution < -0.4 is 10.6 Å². The smallest absolute Gasteiger partial charge is 0.370 e. The van der Waals surface area contributed by atoms with E-state index in [1.165, 1.54) is 12.4 Å². The van der Waals surface area contributed by atoms with Crippen LogP contribution in [0, 0.1) is 11.8 Å². The third-order valence-electron chi connectivity index (χ3n) is 6.34. The third-order valence-corrected chi connectivity index (χ3v) is 7.34. The lowest BCUT2D eigenvalue weighted by molar-refractivity contribution is -0.251. The van der Waals surface area contributed by atoms with Crippen molar-refractivity contribution in [2.75, 3.05) is 13.1 Å². The molecule has 2 aromatic rings. The highest BCUT2D eigenvalue weighted by molar-refractivity contribution is 6.22. The largest absolute Gasteiger partial charge is 0.395 e. The van der Waals surface area contributed by atoms with Crippen LogP contribution in [0.15, 0.2) is 48.8 Å². The van der Waals surface area contributed by atoms with E-state index in [1.807, 2.05) is 0 Å². The highest BCUT2D eigenvalue weighted by Crippen LogP contribution is 2.45. The zero-order valence-electron chi connectivity index (χ0n) is 18.0. The molecule has 2 aliphatic rings. The van der Waals surface area contributed by atoms with Crippen molar-refractivity contribution in [1.82, 2.24) is 20.6 Å². The maximum Gasteiger partial charge on any atom is 0.395 e. The molecule has 2 aliphatic heterocycles. The molecule has 192 valence electrons. The van der Waals surface area contributed by atoms with E-state index in [1.54, 1.807) is 36.4 Å². The molecule has 35 heavy (non-hydrogen) atoms. The summed E-state index contributed by atoms with van der Waals surface area (Å²) in [6.45, 7) is -1.20. The second kappa shape index (κ2) is 10.4. The predicted octanol–water partition coefficient (Wildman–Crippen LogP) is 4.79. The molecule has 0 spiro atoms. The summed E-state index contributed by atoms with van der Waals surface area (Å²) in [5.74, 6) is -4.29. The lowest BCUT2D eigenvalue weighted by atomic mass is 9.85. The number of nitrogens with zero attached hydrogens (tertiary/aromatic N) is 2. The fourth-order valence-electron chi connectivity index (χ4n) is 4.57. The monoisotopic (exact) mass is 542 g/mol. The zero-order valence-corrected chi connectivity index (χ0v) is 19.5. The summed E-state index contributed by atoms with van der Waals surface area (Å²) < 4.78 is 89.4. The van der Waals surface area contributed by atoms with Gasteiger partial charge in [0.2, 0.25) is 0 Å². The molecule has 5 nitrogen and oxygen atoms in total. The Morgan fingerprint density at radius 3 is 1.43 bits per heavy atom. The number of pyridine rings is 2. The topological polar surface area (TPSA) is 59.1 Å². The van der Waals surface area contributed by atoms with E-state index in [4.69, 9.17) is 27.9 Å². The molecule has 8 atom stereocenters. The lowest BCUT2D eigenvalue weighted by Crippen LogP contribution is -2.61. The minimum Gasteiger partial charge on any atom is -0.370 e. The number of rotatable bonds is 4. The van der Waals surface area contributed by atoms with Gasteiger partial charge < -0.3 is 15.4 Å². The molecule has 2 saturated heterocycles. The molecule has 0 radical (unpaired) electrons. The third kappa shape index (κ3) is 5.69. The molecule has 4 rings (SSSR count). The fourth-order valence-corrected chi connectivity index (χ4v) is 5.48. The number of piperidine rings is 2. The average molecular weight is 543 g/mol. The van der Waals surface area contributed by atoms with Gasteiger partial charge in [0.25, 0.3) is 0 Å². The lowest BCUT2D eigenvalue weighted by Gasteiger charge is -2.47. The van der Waals surface area contributed by atoms with Crippen LogP contribution in [0.25, 0.3) is 0 Å². The van der Waals surface area contributed by atoms with E-state index in [9.17, 15) is 26.3 Å². The molecular weight excluding hydrogens is 521 g/mol. The number of aromatic nitrogens is 2. The van der Waals surface area contributed by atoms with Crippen LogP contribution in [0.2, 0.25) is 0 Å². The molecule has 4 heterocycles. The fraction of sp³-hybridized carbons (Fsp3) is 0.545. The van der Waals surface area contributed by atoms with Crippen LogP contribution >= 0.6 is 23.2 Å². The predicted molar refractivity (Wildman–Crippen MR) is 117 cm³/mol. The molecule has 0 aliphatic carbocycles. The Labute approximate surface area is 207 Å². The Hall–Kier alpha value is -1.66. The van der Waals surface area contributed by atoms with Crippen LogP contribution in [0.1, 0.15) is 23.5 Å². The first kappa shape index (κ1) is 26.4. The van der Waals surface area contributed by atoms with Crippen molar-refractivity contribution < 1.29 is 31.1 Å². The van der Waals surface area contributed by atoms with Gasteiger partial charge in [0, 0.05) is 25.5 Å². The first-order valence-electron chi connectivity index (χ1n) is 10.8. The number of alkyl halides is 8. The molecule has 0 bridgehead atoms. The van der Waals surface area contributed by atoms with Gasteiger partial charge in [0.05, 0.1) is 58.3 Å². The normalized spacial score (nSPS) is 34.5. The molecule has 0 aromatic carbocycles. The maximum absolute atomic E-state index is 13.9. The molecule has 2 aromatic heterocycles. The Morgan fingerprint density at radius 1 is 0.714 bits per heavy atom. The summed E-state index contributed by atoms with van der Waals surface area (Å²) in [5, 5.41) is 2.71. The van der Waals surface area contributed by atoms with E-state index in [2.05, 4.69) is 20.6 Å². The van der Waals surface area contributed by atoms with Crippen LogP contribution in [0.3, 0.4) is 0 Å². The zero-order chi connectivity index (χ0) is 25.4. The van der Waals surface area contributed by atoms with E-state index in [-0.39, 0.29) is 0 Å². The maximum atomic E-state index is 13.9. The van der Waals surface area contributed by atoms with E-state index >= 15 is 0 Å². The number of halogens is 8. The van der Waals surface area contributed by atoms with Crippen molar-refractivity contribution in [2.45, 2.75) is 47.4 Å². The number of hydrogen-bond donors (Lipinski definition) is 2. The van der Waals surface area contributed by atoms with Gasteiger partial charge in [-0.25, -0.2) is 0 Å². The van der Waals surface area contributed by atoms with Gasteiger partial charge in [-0.1, -0.05) is 12.1 Å². The molecule has 13 heteroatoms. The van der Waals surface area contributed by atoms with Crippen molar-refractivity contribution in [3.05, 3.63) is 60.2 Å². The summed E-state index contributed by atoms with van der Waals surface area (Å²) >= 11 is 13.0. The van der Waals surface area contributed by atoms with Crippen LogP contribution in [-0.2, 0) is 4.74 Å². The van der Waals surface area contributed by atoms with Gasteiger partial charge in [-0.3, -0.25) is 9.97 Å². The van der Waals surface area contributed by atoms with Gasteiger partial charge in [-0.15, -0.1) is 23.2 Å². The highest BCUT2D eigenvalue weighted by atomic mass is 35.5. The molecular formula is C22H22Cl2F6N4O. The van der Waals surface area contributed by atoms with Crippen molar-refractivity contribution in [2.24, 2.45) is 11.8 Å². The minimum atomic E-state index is -4.78. The van der Waals surface area contributed by atoms with Gasteiger partial charge >= 0.3 is 12.4 Å². The molecule has 2 N–H and O–H groups in total. The minimum absolute atomic E-state index is 0.355. The van der Waals surface area contributed by atoms with Crippen LogP contribution in [0.4, 0.5) is 26.3 Å². The quantitative estimate of drug-likeness (QED) is 0.429. The van der Waals surface area contributed by atoms with Gasteiger partial charge in [0.1, 0.15) is 0 Å². The summed E-state index contributed by atoms with van der Waals surface area (Å²) in [4.78, 5) is 8.27. The number of hydrogen-bond acceptors (Lipinski definition) is 5. The van der Waals surface area contributed by atoms with Crippen molar-refractivity contribution in [1.29, 1.82) is 0 Å². The summed E-state index contributed by atoms with van der Waals surface area (Å²) in [7, 11) is 0. The first-order valence-corrected chi connectivity index (χ1v) is 11.7. The standard InChI is InChI=1S/C22H22Cl2F6N4O/c23-15-17(13-5-1-3-7-31-13)33-9-11(21(25,26)27)19(15)35-20-12(22(28,29)30)10-34-18(16(20)24)14-6-2-4-8-32-14/h1-8,11-12,15-20,33-34H,9-10H2. The van der Waals surface area contributed by atoms with Crippen LogP contribution in [0.5, 0.6) is 0 Å². The average Bonchev–Trinajstić information content (AvgIpc) is 2.81. The number of ether oxygens (including phenoxy) is 1. The second-order valence-electron chi connectivity index (χ2n) is 8.53. The van der Waals surface area contributed by atoms with Gasteiger partial charge in [-0.05, 0) is 24.3 Å². The molecule has 2 fully saturated rings. The number of nitrogens with one attached hydrogen (secondary N) is 2. The Balaban J connectivity index is 1.68. The van der Waals surface area contributed by atoms with Crippen molar-refractivity contribution >= 4 is 23.2 Å². The molecule has 0 saturated carbocycles. The highest BCUT2D eigenvalue weighted by Gasteiger charge is 2.58. The van der Waals surface area contributed by atoms with Gasteiger partial charge in [0.15, 0.2) is 0 Å². The van der Waals surface area contributed by atoms with E-state index in [0.29, 0.717) is 11.4 Å². The molecule has 8 unspecified atom stereocenters. The first-order chi connectivity index (χ1) is 16.5. The molecule has 0 amide bonds. The summed E-state index contributed by atoms with van der Waals surface area (Å²) in [5.41, 5.74) is 0.710. The SMILES string of the molecule is FC(F)(F)C1CNC(c2ccccn2)C(Cl)C1OC1C(Cl)C(c2ccccn2)NCC1C(F)(F)F. The van der Waals surface area contributed by atoms with E-state index < -0.39 is 72.3 Å². The van der Waals surface area contributed by atoms with Gasteiger partial charge in [-0.2, -0.15) is 26.3 Å².